The van der Waals surface area contributed by atoms with Crippen molar-refractivity contribution in [3.63, 3.8) is 0 Å². The summed E-state index contributed by atoms with van der Waals surface area (Å²) in [6.07, 6.45) is 0.360. The Morgan fingerprint density at radius 2 is 1.90 bits per heavy atom. The van der Waals surface area contributed by atoms with Crippen LogP contribution in [0.15, 0.2) is 0 Å². The molecule has 0 aromatic heterocycles. The van der Waals surface area contributed by atoms with Crippen LogP contribution in [0.25, 0.3) is 0 Å². The van der Waals surface area contributed by atoms with Crippen LogP contribution in [0.3, 0.4) is 0 Å². The summed E-state index contributed by atoms with van der Waals surface area (Å²) in [5.41, 5.74) is 0. The summed E-state index contributed by atoms with van der Waals surface area (Å²) in [7, 11) is 1.96. The standard InChI is InChI=1S/C8H19NO/c1-7(2)10-6-8(3)5-9-4/h7-9H,5-6H2,1-4H3. The largest absolute Gasteiger partial charge is 0.378 e. The minimum Gasteiger partial charge on any atom is -0.378 e. The van der Waals surface area contributed by atoms with E-state index in [9.17, 15) is 0 Å². The molecule has 2 nitrogen and oxygen atoms in total. The fourth-order valence-corrected chi connectivity index (χ4v) is 0.764. The lowest BCUT2D eigenvalue weighted by atomic mass is 10.2. The van der Waals surface area contributed by atoms with Crippen molar-refractivity contribution < 1.29 is 4.74 Å². The molecule has 1 N–H and O–H groups in total. The molecule has 0 bridgehead atoms. The van der Waals surface area contributed by atoms with E-state index in [-0.39, 0.29) is 0 Å². The smallest absolute Gasteiger partial charge is 0.0519 e. The van der Waals surface area contributed by atoms with Crippen molar-refractivity contribution in [2.75, 3.05) is 20.2 Å². The van der Waals surface area contributed by atoms with E-state index in [1.165, 1.54) is 0 Å². The Morgan fingerprint density at radius 3 is 2.30 bits per heavy atom. The SMILES string of the molecule is CNCC(C)COC(C)C. The zero-order valence-electron chi connectivity index (χ0n) is 7.48. The van der Waals surface area contributed by atoms with Gasteiger partial charge in [0.15, 0.2) is 0 Å². The number of hydrogen-bond donors (Lipinski definition) is 1. The molecule has 0 fully saturated rings. The lowest BCUT2D eigenvalue weighted by molar-refractivity contribution is 0.0557. The van der Waals surface area contributed by atoms with E-state index in [0.717, 1.165) is 13.2 Å². The molecule has 0 saturated heterocycles. The van der Waals surface area contributed by atoms with Gasteiger partial charge in [-0.25, -0.2) is 0 Å². The molecule has 0 aromatic carbocycles. The fourth-order valence-electron chi connectivity index (χ4n) is 0.764. The van der Waals surface area contributed by atoms with E-state index in [2.05, 4.69) is 26.1 Å². The zero-order chi connectivity index (χ0) is 7.98. The van der Waals surface area contributed by atoms with E-state index >= 15 is 0 Å². The van der Waals surface area contributed by atoms with Crippen molar-refractivity contribution in [2.45, 2.75) is 26.9 Å². The topological polar surface area (TPSA) is 21.3 Å². The summed E-state index contributed by atoms with van der Waals surface area (Å²) in [5, 5.41) is 3.11. The van der Waals surface area contributed by atoms with Gasteiger partial charge in [-0.3, -0.25) is 0 Å². The molecule has 0 radical (unpaired) electrons. The van der Waals surface area contributed by atoms with Crippen LogP contribution in [0.4, 0.5) is 0 Å². The number of rotatable bonds is 5. The average molecular weight is 145 g/mol. The highest BCUT2D eigenvalue weighted by Gasteiger charge is 2.00. The molecule has 0 aliphatic carbocycles. The van der Waals surface area contributed by atoms with Gasteiger partial charge < -0.3 is 10.1 Å². The minimum atomic E-state index is 0.360. The molecule has 0 aromatic rings. The fraction of sp³-hybridized carbons (Fsp3) is 1.00. The first kappa shape index (κ1) is 9.92. The van der Waals surface area contributed by atoms with E-state index in [1.54, 1.807) is 0 Å². The van der Waals surface area contributed by atoms with Crippen LogP contribution in [-0.2, 0) is 4.74 Å². The second-order valence-electron chi connectivity index (χ2n) is 3.04. The van der Waals surface area contributed by atoms with Crippen molar-refractivity contribution in [1.29, 1.82) is 0 Å². The van der Waals surface area contributed by atoms with Gasteiger partial charge in [-0.15, -0.1) is 0 Å². The lowest BCUT2D eigenvalue weighted by Crippen LogP contribution is -2.21. The molecule has 1 atom stereocenters. The first-order chi connectivity index (χ1) is 4.66. The van der Waals surface area contributed by atoms with Gasteiger partial charge in [-0.2, -0.15) is 0 Å². The maximum absolute atomic E-state index is 5.42. The second kappa shape index (κ2) is 5.69. The van der Waals surface area contributed by atoms with Gasteiger partial charge in [0.25, 0.3) is 0 Å². The highest BCUT2D eigenvalue weighted by atomic mass is 16.5. The molecule has 0 saturated carbocycles. The van der Waals surface area contributed by atoms with Crippen LogP contribution in [-0.4, -0.2) is 26.3 Å². The Bertz CT molecular complexity index is 73.7. The van der Waals surface area contributed by atoms with Crippen LogP contribution in [0.2, 0.25) is 0 Å². The second-order valence-corrected chi connectivity index (χ2v) is 3.04. The monoisotopic (exact) mass is 145 g/mol. The number of hydrogen-bond acceptors (Lipinski definition) is 2. The van der Waals surface area contributed by atoms with E-state index < -0.39 is 0 Å². The predicted octanol–water partition coefficient (Wildman–Crippen LogP) is 1.27. The average Bonchev–Trinajstić information content (AvgIpc) is 1.85. The first-order valence-electron chi connectivity index (χ1n) is 3.93. The minimum absolute atomic E-state index is 0.360. The van der Waals surface area contributed by atoms with Crippen LogP contribution >= 0.6 is 0 Å². The summed E-state index contributed by atoms with van der Waals surface area (Å²) >= 11 is 0. The third-order valence-corrected chi connectivity index (χ3v) is 1.27. The molecule has 62 valence electrons. The summed E-state index contributed by atoms with van der Waals surface area (Å²) in [4.78, 5) is 0. The maximum atomic E-state index is 5.42. The Kier molecular flexibility index (Phi) is 5.64. The predicted molar refractivity (Wildman–Crippen MR) is 44.2 cm³/mol. The van der Waals surface area contributed by atoms with E-state index in [4.69, 9.17) is 4.74 Å². The third kappa shape index (κ3) is 6.05. The molecular weight excluding hydrogens is 126 g/mol. The molecule has 0 aliphatic heterocycles. The lowest BCUT2D eigenvalue weighted by Gasteiger charge is -2.13. The highest BCUT2D eigenvalue weighted by molar-refractivity contribution is 4.53. The van der Waals surface area contributed by atoms with Crippen molar-refractivity contribution >= 4 is 0 Å². The quantitative estimate of drug-likeness (QED) is 0.629. The first-order valence-corrected chi connectivity index (χ1v) is 3.93. The Labute approximate surface area is 64.0 Å². The Balaban J connectivity index is 3.12. The molecule has 0 spiro atoms. The Hall–Kier alpha value is -0.0800. The summed E-state index contributed by atoms with van der Waals surface area (Å²) < 4.78 is 5.42. The van der Waals surface area contributed by atoms with Crippen molar-refractivity contribution in [1.82, 2.24) is 5.32 Å². The molecular formula is C8H19NO. The normalized spacial score (nSPS) is 14.1. The molecule has 2 heteroatoms. The summed E-state index contributed by atoms with van der Waals surface area (Å²) in [5.74, 6) is 0.618. The summed E-state index contributed by atoms with van der Waals surface area (Å²) in [6, 6.07) is 0. The van der Waals surface area contributed by atoms with Crippen LogP contribution in [0.5, 0.6) is 0 Å². The van der Waals surface area contributed by atoms with Gasteiger partial charge >= 0.3 is 0 Å². The van der Waals surface area contributed by atoms with Crippen LogP contribution in [0, 0.1) is 5.92 Å². The van der Waals surface area contributed by atoms with Crippen molar-refractivity contribution in [3.05, 3.63) is 0 Å². The van der Waals surface area contributed by atoms with Crippen molar-refractivity contribution in [2.24, 2.45) is 5.92 Å². The molecule has 0 heterocycles. The van der Waals surface area contributed by atoms with Gasteiger partial charge in [0.2, 0.25) is 0 Å². The highest BCUT2D eigenvalue weighted by Crippen LogP contribution is 1.96. The van der Waals surface area contributed by atoms with E-state index in [1.807, 2.05) is 7.05 Å². The van der Waals surface area contributed by atoms with Gasteiger partial charge in [-0.05, 0) is 33.4 Å². The van der Waals surface area contributed by atoms with Gasteiger partial charge in [0.1, 0.15) is 0 Å². The van der Waals surface area contributed by atoms with Gasteiger partial charge in [0.05, 0.1) is 12.7 Å². The molecule has 1 unspecified atom stereocenters. The Morgan fingerprint density at radius 1 is 1.30 bits per heavy atom. The zero-order valence-corrected chi connectivity index (χ0v) is 7.48. The molecule has 0 aliphatic rings. The molecule has 10 heavy (non-hydrogen) atoms. The van der Waals surface area contributed by atoms with Crippen LogP contribution in [0.1, 0.15) is 20.8 Å². The number of ether oxygens (including phenoxy) is 1. The van der Waals surface area contributed by atoms with Crippen molar-refractivity contribution in [3.8, 4) is 0 Å². The number of nitrogens with one attached hydrogen (secondary N) is 1. The summed E-state index contributed by atoms with van der Waals surface area (Å²) in [6.45, 7) is 8.20. The van der Waals surface area contributed by atoms with E-state index in [0.29, 0.717) is 12.0 Å². The van der Waals surface area contributed by atoms with Crippen LogP contribution < -0.4 is 5.32 Å². The third-order valence-electron chi connectivity index (χ3n) is 1.27. The maximum Gasteiger partial charge on any atom is 0.0519 e. The van der Waals surface area contributed by atoms with Gasteiger partial charge in [-0.1, -0.05) is 6.92 Å². The molecule has 0 rings (SSSR count). The molecule has 0 amide bonds. The van der Waals surface area contributed by atoms with Gasteiger partial charge in [0, 0.05) is 0 Å².